The van der Waals surface area contributed by atoms with Gasteiger partial charge in [-0.1, -0.05) is 0 Å². The minimum Gasteiger partial charge on any atom is -0.369 e. The maximum Gasteiger partial charge on any atom is 0.235 e. The molecule has 1 aliphatic rings. The van der Waals surface area contributed by atoms with E-state index in [-0.39, 0.29) is 17.9 Å². The second-order valence-electron chi connectivity index (χ2n) is 4.77. The second-order valence-corrected chi connectivity index (χ2v) is 4.77. The molecule has 92 valence electrons. The Bertz CT molecular complexity index is 295. The van der Waals surface area contributed by atoms with Crippen molar-refractivity contribution in [2.75, 3.05) is 13.1 Å². The lowest BCUT2D eigenvalue weighted by molar-refractivity contribution is -0.126. The number of amides is 2. The van der Waals surface area contributed by atoms with Crippen LogP contribution >= 0.6 is 0 Å². The fourth-order valence-corrected chi connectivity index (χ4v) is 2.03. The van der Waals surface area contributed by atoms with Gasteiger partial charge in [-0.2, -0.15) is 0 Å². The van der Waals surface area contributed by atoms with E-state index in [2.05, 4.69) is 10.3 Å². The summed E-state index contributed by atoms with van der Waals surface area (Å²) in [6.07, 6.45) is 1.09. The van der Waals surface area contributed by atoms with Crippen LogP contribution in [0, 0.1) is 5.41 Å². The summed E-state index contributed by atoms with van der Waals surface area (Å²) in [6, 6.07) is 0.0738. The normalized spacial score (nSPS) is 27.7. The molecule has 0 radical (unpaired) electrons. The van der Waals surface area contributed by atoms with E-state index in [0.29, 0.717) is 13.0 Å². The lowest BCUT2D eigenvalue weighted by atomic mass is 9.89. The molecule has 16 heavy (non-hydrogen) atoms. The van der Waals surface area contributed by atoms with Gasteiger partial charge in [-0.25, -0.2) is 5.84 Å². The maximum absolute atomic E-state index is 11.3. The first-order chi connectivity index (χ1) is 7.39. The monoisotopic (exact) mass is 228 g/mol. The van der Waals surface area contributed by atoms with Gasteiger partial charge >= 0.3 is 0 Å². The van der Waals surface area contributed by atoms with Crippen LogP contribution in [0.2, 0.25) is 0 Å². The fraction of sp³-hybridized carbons (Fsp3) is 0.800. The summed E-state index contributed by atoms with van der Waals surface area (Å²) in [6.45, 7) is 5.22. The van der Waals surface area contributed by atoms with Crippen molar-refractivity contribution in [3.63, 3.8) is 0 Å². The number of nitrogens with one attached hydrogen (secondary N) is 1. The molecule has 0 saturated carbocycles. The van der Waals surface area contributed by atoms with Crippen molar-refractivity contribution in [2.24, 2.45) is 17.0 Å². The zero-order chi connectivity index (χ0) is 12.3. The van der Waals surface area contributed by atoms with Gasteiger partial charge in [-0.15, -0.1) is 0 Å². The minimum absolute atomic E-state index is 0.0738. The predicted molar refractivity (Wildman–Crippen MR) is 59.9 cm³/mol. The van der Waals surface area contributed by atoms with Gasteiger partial charge in [-0.3, -0.25) is 19.9 Å². The summed E-state index contributed by atoms with van der Waals surface area (Å²) in [7, 11) is 0. The summed E-state index contributed by atoms with van der Waals surface area (Å²) < 4.78 is 0. The van der Waals surface area contributed by atoms with Gasteiger partial charge in [0.25, 0.3) is 0 Å². The van der Waals surface area contributed by atoms with E-state index < -0.39 is 5.41 Å². The Hall–Kier alpha value is -1.14. The third-order valence-corrected chi connectivity index (χ3v) is 3.36. The number of nitrogens with two attached hydrogens (primary N) is 2. The average molecular weight is 228 g/mol. The van der Waals surface area contributed by atoms with Crippen LogP contribution in [0.3, 0.4) is 0 Å². The van der Waals surface area contributed by atoms with Crippen LogP contribution < -0.4 is 17.0 Å². The third kappa shape index (κ3) is 2.70. The molecular formula is C10H20N4O2. The number of nitrogens with zero attached hydrogens (tertiary/aromatic N) is 1. The van der Waals surface area contributed by atoms with E-state index in [0.717, 1.165) is 13.0 Å². The summed E-state index contributed by atoms with van der Waals surface area (Å²) >= 11 is 0. The fourth-order valence-electron chi connectivity index (χ4n) is 2.03. The van der Waals surface area contributed by atoms with Crippen molar-refractivity contribution in [3.8, 4) is 0 Å². The SMILES string of the molecule is CC(CC(=O)NN)N1CCC(C)(C(N)=O)C1. The Labute approximate surface area is 95.3 Å². The first kappa shape index (κ1) is 12.9. The second kappa shape index (κ2) is 4.80. The van der Waals surface area contributed by atoms with Crippen molar-refractivity contribution >= 4 is 11.8 Å². The van der Waals surface area contributed by atoms with E-state index in [1.54, 1.807) is 0 Å². The topological polar surface area (TPSA) is 101 Å². The quantitative estimate of drug-likeness (QED) is 0.325. The highest BCUT2D eigenvalue weighted by Gasteiger charge is 2.40. The summed E-state index contributed by atoms with van der Waals surface area (Å²) in [4.78, 5) is 24.5. The van der Waals surface area contributed by atoms with Gasteiger partial charge < -0.3 is 5.73 Å². The number of rotatable bonds is 4. The molecule has 2 amide bonds. The van der Waals surface area contributed by atoms with Crippen LogP contribution in [-0.2, 0) is 9.59 Å². The van der Waals surface area contributed by atoms with E-state index >= 15 is 0 Å². The molecule has 0 aliphatic carbocycles. The van der Waals surface area contributed by atoms with Crippen LogP contribution in [0.25, 0.3) is 0 Å². The van der Waals surface area contributed by atoms with Crippen LogP contribution in [0.1, 0.15) is 26.7 Å². The van der Waals surface area contributed by atoms with Crippen LogP contribution in [0.15, 0.2) is 0 Å². The number of primary amides is 1. The molecule has 1 rings (SSSR count). The van der Waals surface area contributed by atoms with Crippen molar-refractivity contribution < 1.29 is 9.59 Å². The number of hydrazine groups is 1. The summed E-state index contributed by atoms with van der Waals surface area (Å²) in [5.74, 6) is 4.56. The Kier molecular flexibility index (Phi) is 3.88. The highest BCUT2D eigenvalue weighted by Crippen LogP contribution is 2.31. The number of likely N-dealkylation sites (tertiary alicyclic amines) is 1. The molecule has 6 heteroatoms. The Morgan fingerprint density at radius 1 is 1.56 bits per heavy atom. The standard InChI is InChI=1S/C10H20N4O2/c1-7(5-8(15)13-12)14-4-3-10(2,6-14)9(11)16/h7H,3-6,12H2,1-2H3,(H2,11,16)(H,13,15). The van der Waals surface area contributed by atoms with Crippen molar-refractivity contribution in [1.29, 1.82) is 0 Å². The molecule has 1 aliphatic heterocycles. The third-order valence-electron chi connectivity index (χ3n) is 3.36. The smallest absolute Gasteiger partial charge is 0.235 e. The van der Waals surface area contributed by atoms with Crippen LogP contribution in [-0.4, -0.2) is 35.8 Å². The van der Waals surface area contributed by atoms with Gasteiger partial charge in [-0.05, 0) is 26.8 Å². The van der Waals surface area contributed by atoms with Crippen LogP contribution in [0.4, 0.5) is 0 Å². The molecule has 0 bridgehead atoms. The molecule has 2 atom stereocenters. The van der Waals surface area contributed by atoms with Crippen molar-refractivity contribution in [1.82, 2.24) is 10.3 Å². The van der Waals surface area contributed by atoms with Crippen molar-refractivity contribution in [3.05, 3.63) is 0 Å². The van der Waals surface area contributed by atoms with Crippen molar-refractivity contribution in [2.45, 2.75) is 32.7 Å². The molecule has 1 saturated heterocycles. The maximum atomic E-state index is 11.3. The molecule has 0 aromatic carbocycles. The van der Waals surface area contributed by atoms with Gasteiger partial charge in [0.05, 0.1) is 5.41 Å². The molecule has 0 aromatic heterocycles. The minimum atomic E-state index is -0.465. The average Bonchev–Trinajstić information content (AvgIpc) is 2.62. The molecule has 0 spiro atoms. The Morgan fingerprint density at radius 3 is 2.62 bits per heavy atom. The predicted octanol–water partition coefficient (Wildman–Crippen LogP) is -1.05. The Balaban J connectivity index is 2.53. The number of carbonyl (C=O) groups excluding carboxylic acids is 2. The molecule has 6 nitrogen and oxygen atoms in total. The summed E-state index contributed by atoms with van der Waals surface area (Å²) in [5, 5.41) is 0. The van der Waals surface area contributed by atoms with E-state index in [4.69, 9.17) is 11.6 Å². The van der Waals surface area contributed by atoms with E-state index in [1.165, 1.54) is 0 Å². The zero-order valence-corrected chi connectivity index (χ0v) is 9.82. The van der Waals surface area contributed by atoms with Gasteiger partial charge in [0.2, 0.25) is 11.8 Å². The van der Waals surface area contributed by atoms with Crippen LogP contribution in [0.5, 0.6) is 0 Å². The molecule has 5 N–H and O–H groups in total. The lowest BCUT2D eigenvalue weighted by Crippen LogP contribution is -2.41. The Morgan fingerprint density at radius 2 is 2.19 bits per heavy atom. The summed E-state index contributed by atoms with van der Waals surface area (Å²) in [5.41, 5.74) is 7.00. The van der Waals surface area contributed by atoms with Gasteiger partial charge in [0, 0.05) is 19.0 Å². The molecule has 0 aromatic rings. The molecule has 2 unspecified atom stereocenters. The zero-order valence-electron chi connectivity index (χ0n) is 9.82. The molecule has 1 fully saturated rings. The van der Waals surface area contributed by atoms with E-state index in [1.807, 2.05) is 13.8 Å². The van der Waals surface area contributed by atoms with E-state index in [9.17, 15) is 9.59 Å². The molecule has 1 heterocycles. The highest BCUT2D eigenvalue weighted by atomic mass is 16.2. The van der Waals surface area contributed by atoms with Gasteiger partial charge in [0.1, 0.15) is 0 Å². The first-order valence-corrected chi connectivity index (χ1v) is 5.42. The highest BCUT2D eigenvalue weighted by molar-refractivity contribution is 5.81. The first-order valence-electron chi connectivity index (χ1n) is 5.42. The number of hydrogen-bond acceptors (Lipinski definition) is 4. The lowest BCUT2D eigenvalue weighted by Gasteiger charge is -2.25. The largest absolute Gasteiger partial charge is 0.369 e. The number of hydrogen-bond donors (Lipinski definition) is 3. The number of carbonyl (C=O) groups is 2. The van der Waals surface area contributed by atoms with Gasteiger partial charge in [0.15, 0.2) is 0 Å². The molecular weight excluding hydrogens is 208 g/mol.